The SMILES string of the molecule is COCCOCCNC(=O)C1CC(C(=O)O)=NO1. The molecule has 1 rings (SSSR count). The molecule has 0 aromatic rings. The van der Waals surface area contributed by atoms with Crippen molar-refractivity contribution in [3.05, 3.63) is 0 Å². The van der Waals surface area contributed by atoms with Crippen molar-refractivity contribution in [3.63, 3.8) is 0 Å². The molecule has 102 valence electrons. The number of nitrogens with one attached hydrogen (secondary N) is 1. The van der Waals surface area contributed by atoms with Crippen LogP contribution in [0, 0.1) is 0 Å². The third-order valence-corrected chi connectivity index (χ3v) is 2.19. The largest absolute Gasteiger partial charge is 0.477 e. The summed E-state index contributed by atoms with van der Waals surface area (Å²) >= 11 is 0. The first-order valence-corrected chi connectivity index (χ1v) is 5.45. The molecule has 18 heavy (non-hydrogen) atoms. The monoisotopic (exact) mass is 260 g/mol. The van der Waals surface area contributed by atoms with Gasteiger partial charge in [0.15, 0.2) is 5.71 Å². The van der Waals surface area contributed by atoms with Crippen LogP contribution >= 0.6 is 0 Å². The number of carboxylic acid groups (broad SMARTS) is 1. The van der Waals surface area contributed by atoms with Gasteiger partial charge >= 0.3 is 5.97 Å². The number of aliphatic carboxylic acids is 1. The Balaban J connectivity index is 2.10. The highest BCUT2D eigenvalue weighted by atomic mass is 16.6. The maximum Gasteiger partial charge on any atom is 0.353 e. The second-order valence-corrected chi connectivity index (χ2v) is 3.54. The van der Waals surface area contributed by atoms with E-state index in [0.29, 0.717) is 26.4 Å². The van der Waals surface area contributed by atoms with Crippen molar-refractivity contribution in [1.82, 2.24) is 5.32 Å². The van der Waals surface area contributed by atoms with Crippen LogP contribution in [-0.2, 0) is 23.9 Å². The fourth-order valence-corrected chi connectivity index (χ4v) is 1.25. The van der Waals surface area contributed by atoms with E-state index >= 15 is 0 Å². The number of ether oxygens (including phenoxy) is 2. The van der Waals surface area contributed by atoms with Gasteiger partial charge in [0.25, 0.3) is 5.91 Å². The summed E-state index contributed by atoms with van der Waals surface area (Å²) < 4.78 is 9.93. The van der Waals surface area contributed by atoms with E-state index in [4.69, 9.17) is 19.4 Å². The number of hydrogen-bond acceptors (Lipinski definition) is 6. The minimum atomic E-state index is -1.17. The van der Waals surface area contributed by atoms with E-state index in [0.717, 1.165) is 0 Å². The molecule has 0 aliphatic carbocycles. The molecule has 1 unspecified atom stereocenters. The first-order chi connectivity index (χ1) is 8.65. The first-order valence-electron chi connectivity index (χ1n) is 5.45. The normalized spacial score (nSPS) is 18.1. The molecule has 0 spiro atoms. The van der Waals surface area contributed by atoms with E-state index < -0.39 is 18.0 Å². The standard InChI is InChI=1S/C10H16N2O6/c1-16-4-5-17-3-2-11-9(13)8-6-7(10(14)15)12-18-8/h8H,2-6H2,1H3,(H,11,13)(H,14,15). The molecule has 1 atom stereocenters. The summed E-state index contributed by atoms with van der Waals surface area (Å²) in [5.41, 5.74) is -0.147. The van der Waals surface area contributed by atoms with Crippen LogP contribution in [0.4, 0.5) is 0 Å². The van der Waals surface area contributed by atoms with Crippen LogP contribution in [0.25, 0.3) is 0 Å². The van der Waals surface area contributed by atoms with Gasteiger partial charge in [0.05, 0.1) is 19.8 Å². The van der Waals surface area contributed by atoms with Crippen molar-refractivity contribution in [2.24, 2.45) is 5.16 Å². The van der Waals surface area contributed by atoms with Gasteiger partial charge in [-0.25, -0.2) is 4.79 Å². The van der Waals surface area contributed by atoms with E-state index in [9.17, 15) is 9.59 Å². The quantitative estimate of drug-likeness (QED) is 0.542. The van der Waals surface area contributed by atoms with E-state index in [1.54, 1.807) is 7.11 Å². The molecule has 0 fully saturated rings. The average Bonchev–Trinajstić information content (AvgIpc) is 2.83. The molecule has 2 N–H and O–H groups in total. The van der Waals surface area contributed by atoms with Gasteiger partial charge in [-0.2, -0.15) is 0 Å². The lowest BCUT2D eigenvalue weighted by Crippen LogP contribution is -2.37. The fourth-order valence-electron chi connectivity index (χ4n) is 1.25. The van der Waals surface area contributed by atoms with E-state index in [-0.39, 0.29) is 12.1 Å². The lowest BCUT2D eigenvalue weighted by molar-refractivity contribution is -0.131. The number of carboxylic acids is 1. The number of hydrogen-bond donors (Lipinski definition) is 2. The minimum Gasteiger partial charge on any atom is -0.477 e. The fraction of sp³-hybridized carbons (Fsp3) is 0.700. The molecule has 0 aromatic heterocycles. The van der Waals surface area contributed by atoms with Gasteiger partial charge in [0, 0.05) is 20.1 Å². The molecule has 1 aliphatic rings. The van der Waals surface area contributed by atoms with Crippen molar-refractivity contribution in [2.45, 2.75) is 12.5 Å². The second-order valence-electron chi connectivity index (χ2n) is 3.54. The van der Waals surface area contributed by atoms with Gasteiger partial charge in [0.2, 0.25) is 6.10 Å². The van der Waals surface area contributed by atoms with Crippen LogP contribution in [0.3, 0.4) is 0 Å². The lowest BCUT2D eigenvalue weighted by atomic mass is 10.2. The zero-order valence-corrected chi connectivity index (χ0v) is 10.0. The molecular weight excluding hydrogens is 244 g/mol. The molecule has 1 aliphatic heterocycles. The molecule has 0 radical (unpaired) electrons. The number of nitrogens with zero attached hydrogens (tertiary/aromatic N) is 1. The maximum atomic E-state index is 11.5. The summed E-state index contributed by atoms with van der Waals surface area (Å²) in [6.45, 7) is 1.63. The van der Waals surface area contributed by atoms with Gasteiger partial charge in [-0.05, 0) is 0 Å². The molecule has 0 bridgehead atoms. The molecule has 0 aromatic carbocycles. The number of oxime groups is 1. The van der Waals surface area contributed by atoms with Crippen molar-refractivity contribution in [3.8, 4) is 0 Å². The van der Waals surface area contributed by atoms with Crippen LogP contribution in [0.5, 0.6) is 0 Å². The maximum absolute atomic E-state index is 11.5. The highest BCUT2D eigenvalue weighted by molar-refractivity contribution is 6.36. The third-order valence-electron chi connectivity index (χ3n) is 2.19. The highest BCUT2D eigenvalue weighted by Gasteiger charge is 2.31. The van der Waals surface area contributed by atoms with Gasteiger partial charge < -0.3 is 24.7 Å². The molecule has 8 nitrogen and oxygen atoms in total. The zero-order chi connectivity index (χ0) is 13.4. The van der Waals surface area contributed by atoms with Gasteiger partial charge in [-0.3, -0.25) is 4.79 Å². The van der Waals surface area contributed by atoms with Crippen LogP contribution < -0.4 is 5.32 Å². The summed E-state index contributed by atoms with van der Waals surface area (Å²) in [6, 6.07) is 0. The molecular formula is C10H16N2O6. The molecule has 1 heterocycles. The minimum absolute atomic E-state index is 0.0221. The molecule has 1 amide bonds. The Morgan fingerprint density at radius 2 is 2.28 bits per heavy atom. The topological polar surface area (TPSA) is 106 Å². The van der Waals surface area contributed by atoms with Crippen molar-refractivity contribution >= 4 is 17.6 Å². The number of rotatable bonds is 8. The highest BCUT2D eigenvalue weighted by Crippen LogP contribution is 2.10. The van der Waals surface area contributed by atoms with Crippen LogP contribution in [0.2, 0.25) is 0 Å². The van der Waals surface area contributed by atoms with Crippen LogP contribution in [0.1, 0.15) is 6.42 Å². The van der Waals surface area contributed by atoms with E-state index in [1.165, 1.54) is 0 Å². The van der Waals surface area contributed by atoms with Gasteiger partial charge in [-0.1, -0.05) is 5.16 Å². The van der Waals surface area contributed by atoms with Crippen molar-refractivity contribution in [2.75, 3.05) is 33.5 Å². The Kier molecular flexibility index (Phi) is 6.09. The average molecular weight is 260 g/mol. The Morgan fingerprint density at radius 1 is 1.50 bits per heavy atom. The van der Waals surface area contributed by atoms with E-state index in [1.807, 2.05) is 0 Å². The van der Waals surface area contributed by atoms with Crippen molar-refractivity contribution in [1.29, 1.82) is 0 Å². The number of amides is 1. The molecule has 0 saturated heterocycles. The molecule has 8 heteroatoms. The zero-order valence-electron chi connectivity index (χ0n) is 10.0. The summed E-state index contributed by atoms with van der Waals surface area (Å²) in [6.07, 6.45) is -0.888. The van der Waals surface area contributed by atoms with Crippen LogP contribution in [0.15, 0.2) is 5.16 Å². The van der Waals surface area contributed by atoms with Gasteiger partial charge in [-0.15, -0.1) is 0 Å². The number of methoxy groups -OCH3 is 1. The number of carbonyl (C=O) groups excluding carboxylic acids is 1. The summed E-state index contributed by atoms with van der Waals surface area (Å²) in [7, 11) is 1.57. The van der Waals surface area contributed by atoms with Crippen LogP contribution in [-0.4, -0.2) is 62.3 Å². The van der Waals surface area contributed by atoms with E-state index in [2.05, 4.69) is 10.5 Å². The predicted octanol–water partition coefficient (Wildman–Crippen LogP) is -1.00. The second kappa shape index (κ2) is 7.62. The Labute approximate surface area is 104 Å². The Morgan fingerprint density at radius 3 is 2.89 bits per heavy atom. The van der Waals surface area contributed by atoms with Crippen molar-refractivity contribution < 1.29 is 29.0 Å². The lowest BCUT2D eigenvalue weighted by Gasteiger charge is -2.09. The Hall–Kier alpha value is -1.67. The Bertz CT molecular complexity index is 330. The predicted molar refractivity (Wildman–Crippen MR) is 60.3 cm³/mol. The summed E-state index contributed by atoms with van der Waals surface area (Å²) in [5.74, 6) is -1.57. The third kappa shape index (κ3) is 4.68. The first kappa shape index (κ1) is 14.4. The smallest absolute Gasteiger partial charge is 0.353 e. The summed E-state index contributed by atoms with van der Waals surface area (Å²) in [5, 5.41) is 14.5. The molecule has 0 saturated carbocycles. The summed E-state index contributed by atoms with van der Waals surface area (Å²) in [4.78, 5) is 26.8. The number of carbonyl (C=O) groups is 2. The van der Waals surface area contributed by atoms with Gasteiger partial charge in [0.1, 0.15) is 0 Å².